The summed E-state index contributed by atoms with van der Waals surface area (Å²) in [6.07, 6.45) is 1.26. The van der Waals surface area contributed by atoms with Crippen molar-refractivity contribution in [2.24, 2.45) is 0 Å². The molecule has 0 fully saturated rings. The number of hydrogen-bond acceptors (Lipinski definition) is 5. The Morgan fingerprint density at radius 3 is 2.54 bits per heavy atom. The fourth-order valence-corrected chi connectivity index (χ4v) is 3.17. The second kappa shape index (κ2) is 6.07. The minimum atomic E-state index is -0.425. The molecule has 2 N–H and O–H groups in total. The molecule has 0 saturated carbocycles. The third-order valence-electron chi connectivity index (χ3n) is 4.49. The van der Waals surface area contributed by atoms with Crippen LogP contribution in [0.4, 0.5) is 5.69 Å². The standard InChI is InChI=1S/C20H15NO5/c22-16-10-18(23)17-7-6-12-4-5-14(9-19(12)26-20(17)11-16)13-2-1-3-15(8-13)21(24)25/h1-5,8-11,22-23H,6-7H2. The van der Waals surface area contributed by atoms with Crippen LogP contribution in [-0.4, -0.2) is 15.1 Å². The zero-order valence-corrected chi connectivity index (χ0v) is 13.7. The van der Waals surface area contributed by atoms with E-state index in [1.54, 1.807) is 12.1 Å². The first-order chi connectivity index (χ1) is 12.5. The van der Waals surface area contributed by atoms with Gasteiger partial charge in [0, 0.05) is 29.8 Å². The number of phenols is 2. The molecular weight excluding hydrogens is 334 g/mol. The van der Waals surface area contributed by atoms with Gasteiger partial charge in [-0.05, 0) is 35.6 Å². The number of phenolic OH excluding ortho intramolecular Hbond substituents is 2. The average molecular weight is 349 g/mol. The zero-order chi connectivity index (χ0) is 18.3. The van der Waals surface area contributed by atoms with Crippen LogP contribution in [0.5, 0.6) is 23.0 Å². The van der Waals surface area contributed by atoms with E-state index in [0.29, 0.717) is 35.5 Å². The molecule has 130 valence electrons. The molecule has 3 aromatic rings. The maximum Gasteiger partial charge on any atom is 0.270 e. The minimum Gasteiger partial charge on any atom is -0.508 e. The molecule has 1 aliphatic rings. The Morgan fingerprint density at radius 2 is 1.73 bits per heavy atom. The van der Waals surface area contributed by atoms with E-state index >= 15 is 0 Å². The summed E-state index contributed by atoms with van der Waals surface area (Å²) in [6, 6.07) is 14.8. The third kappa shape index (κ3) is 2.82. The molecule has 0 aliphatic carbocycles. The lowest BCUT2D eigenvalue weighted by Gasteiger charge is -2.12. The van der Waals surface area contributed by atoms with Gasteiger partial charge in [-0.1, -0.05) is 24.3 Å². The van der Waals surface area contributed by atoms with E-state index in [1.807, 2.05) is 18.2 Å². The second-order valence-electron chi connectivity index (χ2n) is 6.17. The summed E-state index contributed by atoms with van der Waals surface area (Å²) in [6.45, 7) is 0. The Morgan fingerprint density at radius 1 is 0.923 bits per heavy atom. The molecule has 6 nitrogen and oxygen atoms in total. The van der Waals surface area contributed by atoms with Crippen molar-refractivity contribution < 1.29 is 19.9 Å². The van der Waals surface area contributed by atoms with Crippen molar-refractivity contribution >= 4 is 5.69 Å². The van der Waals surface area contributed by atoms with Gasteiger partial charge < -0.3 is 14.9 Å². The van der Waals surface area contributed by atoms with Gasteiger partial charge in [0.25, 0.3) is 5.69 Å². The number of nitro benzene ring substituents is 1. The van der Waals surface area contributed by atoms with E-state index in [9.17, 15) is 20.3 Å². The van der Waals surface area contributed by atoms with Crippen LogP contribution < -0.4 is 4.74 Å². The highest BCUT2D eigenvalue weighted by molar-refractivity contribution is 5.69. The van der Waals surface area contributed by atoms with Crippen LogP contribution in [0.2, 0.25) is 0 Å². The number of aryl methyl sites for hydroxylation is 1. The predicted molar refractivity (Wildman–Crippen MR) is 95.8 cm³/mol. The zero-order valence-electron chi connectivity index (χ0n) is 13.7. The van der Waals surface area contributed by atoms with Crippen LogP contribution in [0.15, 0.2) is 54.6 Å². The molecule has 1 aliphatic heterocycles. The molecule has 0 saturated heterocycles. The number of nitro groups is 1. The SMILES string of the molecule is O=[N+]([O-])c1cccc(-c2ccc3c(c2)Oc2cc(O)cc(O)c2CC3)c1. The van der Waals surface area contributed by atoms with Crippen LogP contribution in [0, 0.1) is 10.1 Å². The van der Waals surface area contributed by atoms with Crippen LogP contribution in [-0.2, 0) is 12.8 Å². The summed E-state index contributed by atoms with van der Waals surface area (Å²) in [7, 11) is 0. The monoisotopic (exact) mass is 349 g/mol. The van der Waals surface area contributed by atoms with Gasteiger partial charge in [0.05, 0.1) is 4.92 Å². The van der Waals surface area contributed by atoms with Gasteiger partial charge in [-0.25, -0.2) is 0 Å². The normalized spacial score (nSPS) is 12.5. The Balaban J connectivity index is 1.77. The molecule has 6 heteroatoms. The molecule has 3 aromatic carbocycles. The first-order valence-electron chi connectivity index (χ1n) is 8.12. The molecule has 4 rings (SSSR count). The van der Waals surface area contributed by atoms with Crippen molar-refractivity contribution in [3.63, 3.8) is 0 Å². The van der Waals surface area contributed by atoms with Crippen molar-refractivity contribution in [3.8, 4) is 34.1 Å². The molecular formula is C20H15NO5. The lowest BCUT2D eigenvalue weighted by Crippen LogP contribution is -1.91. The maximum atomic E-state index is 11.0. The van der Waals surface area contributed by atoms with Crippen molar-refractivity contribution in [3.05, 3.63) is 75.8 Å². The molecule has 1 heterocycles. The average Bonchev–Trinajstić information content (AvgIpc) is 2.80. The van der Waals surface area contributed by atoms with Gasteiger partial charge in [0.1, 0.15) is 23.0 Å². The quantitative estimate of drug-likeness (QED) is 0.522. The van der Waals surface area contributed by atoms with Gasteiger partial charge in [0.2, 0.25) is 0 Å². The molecule has 0 amide bonds. The van der Waals surface area contributed by atoms with E-state index in [0.717, 1.165) is 11.1 Å². The van der Waals surface area contributed by atoms with Gasteiger partial charge >= 0.3 is 0 Å². The number of fused-ring (bicyclic) bond motifs is 2. The largest absolute Gasteiger partial charge is 0.508 e. The number of ether oxygens (including phenoxy) is 1. The number of benzene rings is 3. The van der Waals surface area contributed by atoms with Crippen LogP contribution in [0.25, 0.3) is 11.1 Å². The summed E-state index contributed by atoms with van der Waals surface area (Å²) < 4.78 is 5.95. The van der Waals surface area contributed by atoms with E-state index in [1.165, 1.54) is 24.3 Å². The van der Waals surface area contributed by atoms with Crippen molar-refractivity contribution in [2.45, 2.75) is 12.8 Å². The number of nitrogens with zero attached hydrogens (tertiary/aromatic N) is 1. The molecule has 0 aromatic heterocycles. The molecule has 0 unspecified atom stereocenters. The third-order valence-corrected chi connectivity index (χ3v) is 4.49. The first kappa shape index (κ1) is 16.0. The predicted octanol–water partition coefficient (Wildman–Crippen LogP) is 4.56. The lowest BCUT2D eigenvalue weighted by molar-refractivity contribution is -0.384. The number of hydrogen-bond donors (Lipinski definition) is 2. The second-order valence-corrected chi connectivity index (χ2v) is 6.17. The van der Waals surface area contributed by atoms with E-state index < -0.39 is 4.92 Å². The van der Waals surface area contributed by atoms with Gasteiger partial charge in [0.15, 0.2) is 0 Å². The Labute approximate surface area is 149 Å². The summed E-state index contributed by atoms with van der Waals surface area (Å²) in [5, 5.41) is 30.8. The lowest BCUT2D eigenvalue weighted by atomic mass is 9.99. The summed E-state index contributed by atoms with van der Waals surface area (Å²) >= 11 is 0. The Kier molecular flexibility index (Phi) is 3.73. The molecule has 0 radical (unpaired) electrons. The highest BCUT2D eigenvalue weighted by Crippen LogP contribution is 2.41. The highest BCUT2D eigenvalue weighted by Gasteiger charge is 2.19. The van der Waals surface area contributed by atoms with E-state index in [-0.39, 0.29) is 17.2 Å². The van der Waals surface area contributed by atoms with Crippen molar-refractivity contribution in [1.82, 2.24) is 0 Å². The summed E-state index contributed by atoms with van der Waals surface area (Å²) in [5.74, 6) is 0.960. The van der Waals surface area contributed by atoms with Gasteiger partial charge in [-0.2, -0.15) is 0 Å². The fraction of sp³-hybridized carbons (Fsp3) is 0.100. The number of aromatic hydroxyl groups is 2. The van der Waals surface area contributed by atoms with E-state index in [4.69, 9.17) is 4.74 Å². The van der Waals surface area contributed by atoms with Crippen LogP contribution >= 0.6 is 0 Å². The molecule has 26 heavy (non-hydrogen) atoms. The summed E-state index contributed by atoms with van der Waals surface area (Å²) in [4.78, 5) is 10.6. The topological polar surface area (TPSA) is 92.8 Å². The minimum absolute atomic E-state index is 0.00622. The molecule has 0 bridgehead atoms. The molecule has 0 spiro atoms. The first-order valence-corrected chi connectivity index (χ1v) is 8.12. The maximum absolute atomic E-state index is 11.0. The number of non-ortho nitro benzene ring substituents is 1. The number of rotatable bonds is 2. The fourth-order valence-electron chi connectivity index (χ4n) is 3.17. The van der Waals surface area contributed by atoms with Gasteiger partial charge in [-0.15, -0.1) is 0 Å². The summed E-state index contributed by atoms with van der Waals surface area (Å²) in [5.41, 5.74) is 3.15. The van der Waals surface area contributed by atoms with Crippen LogP contribution in [0.3, 0.4) is 0 Å². The molecule has 0 atom stereocenters. The van der Waals surface area contributed by atoms with Gasteiger partial charge in [-0.3, -0.25) is 10.1 Å². The smallest absolute Gasteiger partial charge is 0.270 e. The van der Waals surface area contributed by atoms with E-state index in [2.05, 4.69) is 0 Å². The van der Waals surface area contributed by atoms with Crippen molar-refractivity contribution in [1.29, 1.82) is 0 Å². The highest BCUT2D eigenvalue weighted by atomic mass is 16.6. The Hall–Kier alpha value is -3.54. The van der Waals surface area contributed by atoms with Crippen molar-refractivity contribution in [2.75, 3.05) is 0 Å². The van der Waals surface area contributed by atoms with Crippen LogP contribution in [0.1, 0.15) is 11.1 Å². The Bertz CT molecular complexity index is 1030.